The van der Waals surface area contributed by atoms with E-state index in [0.29, 0.717) is 40.9 Å². The molecule has 1 aliphatic rings. The Labute approximate surface area is 158 Å². The van der Waals surface area contributed by atoms with Gasteiger partial charge in [-0.2, -0.15) is 10.2 Å². The van der Waals surface area contributed by atoms with Gasteiger partial charge >= 0.3 is 0 Å². The topological polar surface area (TPSA) is 103 Å². The lowest BCUT2D eigenvalue weighted by Crippen LogP contribution is -2.27. The van der Waals surface area contributed by atoms with Gasteiger partial charge in [-0.05, 0) is 38.0 Å². The smallest absolute Gasteiger partial charge is 0.253 e. The first-order chi connectivity index (χ1) is 13.2. The van der Waals surface area contributed by atoms with Crippen LogP contribution < -0.4 is 15.4 Å². The predicted octanol–water partition coefficient (Wildman–Crippen LogP) is 2.77. The van der Waals surface area contributed by atoms with Crippen molar-refractivity contribution in [3.63, 3.8) is 0 Å². The molecular formula is C19H22N6O2. The number of amides is 1. The van der Waals surface area contributed by atoms with Crippen LogP contribution in [0.25, 0.3) is 0 Å². The van der Waals surface area contributed by atoms with Gasteiger partial charge in [0, 0.05) is 25.2 Å². The normalized spacial score (nSPS) is 13.1. The van der Waals surface area contributed by atoms with E-state index in [1.54, 1.807) is 25.3 Å². The number of anilines is 3. The maximum absolute atomic E-state index is 12.6. The Bertz CT molecular complexity index is 871. The fourth-order valence-electron chi connectivity index (χ4n) is 2.98. The number of likely N-dealkylation sites (tertiary alicyclic amines) is 1. The minimum absolute atomic E-state index is 0.0152. The molecule has 8 nitrogen and oxygen atoms in total. The molecule has 1 aliphatic heterocycles. The number of nitrogens with zero attached hydrogens (tertiary/aromatic N) is 4. The van der Waals surface area contributed by atoms with Gasteiger partial charge < -0.3 is 20.3 Å². The second kappa shape index (κ2) is 8.36. The van der Waals surface area contributed by atoms with Crippen molar-refractivity contribution in [3.8, 4) is 11.8 Å². The van der Waals surface area contributed by atoms with Crippen LogP contribution in [0.3, 0.4) is 0 Å². The molecule has 140 valence electrons. The predicted molar refractivity (Wildman–Crippen MR) is 102 cm³/mol. The Morgan fingerprint density at radius 3 is 2.81 bits per heavy atom. The van der Waals surface area contributed by atoms with Gasteiger partial charge in [0.1, 0.15) is 23.2 Å². The van der Waals surface area contributed by atoms with E-state index >= 15 is 0 Å². The number of carbonyl (C=O) groups excluding carboxylic acids is 1. The molecule has 8 heteroatoms. The van der Waals surface area contributed by atoms with Crippen LogP contribution in [0, 0.1) is 11.3 Å². The molecule has 1 saturated heterocycles. The lowest BCUT2D eigenvalue weighted by Gasteiger charge is -2.17. The molecular weight excluding hydrogens is 344 g/mol. The van der Waals surface area contributed by atoms with Crippen LogP contribution in [0.5, 0.6) is 5.75 Å². The van der Waals surface area contributed by atoms with Crippen LogP contribution in [-0.2, 0) is 0 Å². The Kier molecular flexibility index (Phi) is 5.71. The van der Waals surface area contributed by atoms with E-state index in [0.717, 1.165) is 25.9 Å². The number of hydrogen-bond acceptors (Lipinski definition) is 7. The van der Waals surface area contributed by atoms with Crippen LogP contribution in [-0.4, -0.2) is 47.5 Å². The first-order valence-corrected chi connectivity index (χ1v) is 8.91. The number of aromatic nitrogens is 2. The molecule has 2 aromatic rings. The van der Waals surface area contributed by atoms with Crippen molar-refractivity contribution in [2.75, 3.05) is 37.4 Å². The molecule has 2 N–H and O–H groups in total. The zero-order valence-electron chi connectivity index (χ0n) is 15.5. The summed E-state index contributed by atoms with van der Waals surface area (Å²) in [6.45, 7) is 4.16. The number of carbonyl (C=O) groups is 1. The average Bonchev–Trinajstić information content (AvgIpc) is 3.23. The van der Waals surface area contributed by atoms with Crippen molar-refractivity contribution in [3.05, 3.63) is 35.5 Å². The molecule has 1 aromatic carbocycles. The Hall–Kier alpha value is -3.34. The Balaban J connectivity index is 1.83. The van der Waals surface area contributed by atoms with Gasteiger partial charge in [-0.15, -0.1) is 0 Å². The van der Waals surface area contributed by atoms with E-state index in [1.807, 2.05) is 11.8 Å². The number of hydrogen-bond donors (Lipinski definition) is 2. The monoisotopic (exact) mass is 366 g/mol. The van der Waals surface area contributed by atoms with E-state index in [4.69, 9.17) is 10.00 Å². The maximum atomic E-state index is 12.6. The quantitative estimate of drug-likeness (QED) is 0.810. The zero-order valence-corrected chi connectivity index (χ0v) is 15.5. The molecule has 0 radical (unpaired) electrons. The van der Waals surface area contributed by atoms with E-state index in [9.17, 15) is 4.79 Å². The number of rotatable bonds is 6. The highest BCUT2D eigenvalue weighted by atomic mass is 16.5. The van der Waals surface area contributed by atoms with Gasteiger partial charge in [-0.3, -0.25) is 4.79 Å². The Morgan fingerprint density at radius 1 is 1.37 bits per heavy atom. The summed E-state index contributed by atoms with van der Waals surface area (Å²) < 4.78 is 5.44. The number of benzene rings is 1. The minimum Gasteiger partial charge on any atom is -0.495 e. The lowest BCUT2D eigenvalue weighted by molar-refractivity contribution is 0.0792. The molecule has 3 rings (SSSR count). The molecule has 0 aliphatic carbocycles. The summed E-state index contributed by atoms with van der Waals surface area (Å²) in [5.41, 5.74) is 1.61. The van der Waals surface area contributed by atoms with Gasteiger partial charge in [0.05, 0.1) is 19.0 Å². The first-order valence-electron chi connectivity index (χ1n) is 8.91. The van der Waals surface area contributed by atoms with Crippen molar-refractivity contribution in [1.82, 2.24) is 14.9 Å². The third-order valence-electron chi connectivity index (χ3n) is 4.34. The summed E-state index contributed by atoms with van der Waals surface area (Å²) in [5, 5.41) is 15.3. The zero-order chi connectivity index (χ0) is 19.2. The highest BCUT2D eigenvalue weighted by molar-refractivity contribution is 5.95. The van der Waals surface area contributed by atoms with Crippen LogP contribution >= 0.6 is 0 Å². The Morgan fingerprint density at radius 2 is 2.15 bits per heavy atom. The molecule has 0 bridgehead atoms. The van der Waals surface area contributed by atoms with E-state index in [1.165, 1.54) is 6.20 Å². The van der Waals surface area contributed by atoms with Crippen molar-refractivity contribution < 1.29 is 9.53 Å². The number of nitrogens with one attached hydrogen (secondary N) is 2. The van der Waals surface area contributed by atoms with Crippen molar-refractivity contribution in [2.24, 2.45) is 0 Å². The van der Waals surface area contributed by atoms with Gasteiger partial charge in [0.2, 0.25) is 5.95 Å². The highest BCUT2D eigenvalue weighted by Gasteiger charge is 2.20. The van der Waals surface area contributed by atoms with Crippen LogP contribution in [0.4, 0.5) is 17.5 Å². The lowest BCUT2D eigenvalue weighted by atomic mass is 10.1. The summed E-state index contributed by atoms with van der Waals surface area (Å²) in [6, 6.07) is 7.32. The fourth-order valence-corrected chi connectivity index (χ4v) is 2.98. The molecule has 27 heavy (non-hydrogen) atoms. The minimum atomic E-state index is 0.0152. The second-order valence-electron chi connectivity index (χ2n) is 6.14. The number of ether oxygens (including phenoxy) is 1. The third-order valence-corrected chi connectivity index (χ3v) is 4.34. The number of nitriles is 1. The molecule has 0 saturated carbocycles. The molecule has 0 spiro atoms. The number of methoxy groups -OCH3 is 1. The molecule has 1 amide bonds. The maximum Gasteiger partial charge on any atom is 0.253 e. The summed E-state index contributed by atoms with van der Waals surface area (Å²) >= 11 is 0. The van der Waals surface area contributed by atoms with E-state index in [2.05, 4.69) is 26.7 Å². The third kappa shape index (κ3) is 4.08. The summed E-state index contributed by atoms with van der Waals surface area (Å²) in [5.74, 6) is 1.35. The van der Waals surface area contributed by atoms with Gasteiger partial charge in [0.25, 0.3) is 5.91 Å². The van der Waals surface area contributed by atoms with Gasteiger partial charge in [0.15, 0.2) is 0 Å². The van der Waals surface area contributed by atoms with Crippen LogP contribution in [0.2, 0.25) is 0 Å². The second-order valence-corrected chi connectivity index (χ2v) is 6.14. The van der Waals surface area contributed by atoms with Crippen molar-refractivity contribution in [1.29, 1.82) is 5.26 Å². The van der Waals surface area contributed by atoms with E-state index < -0.39 is 0 Å². The molecule has 0 atom stereocenters. The summed E-state index contributed by atoms with van der Waals surface area (Å²) in [7, 11) is 1.55. The largest absolute Gasteiger partial charge is 0.495 e. The molecule has 1 fully saturated rings. The van der Waals surface area contributed by atoms with Crippen LogP contribution in [0.15, 0.2) is 24.4 Å². The van der Waals surface area contributed by atoms with Crippen LogP contribution in [0.1, 0.15) is 35.7 Å². The van der Waals surface area contributed by atoms with Crippen molar-refractivity contribution in [2.45, 2.75) is 19.8 Å². The molecule has 2 heterocycles. The summed E-state index contributed by atoms with van der Waals surface area (Å²) in [6.07, 6.45) is 3.56. The van der Waals surface area contributed by atoms with Crippen molar-refractivity contribution >= 4 is 23.4 Å². The first kappa shape index (κ1) is 18.5. The molecule has 0 unspecified atom stereocenters. The van der Waals surface area contributed by atoms with E-state index in [-0.39, 0.29) is 5.91 Å². The van der Waals surface area contributed by atoms with Gasteiger partial charge in [-0.1, -0.05) is 0 Å². The standard InChI is InChI=1S/C19H22N6O2/c1-3-21-17-14(11-20)12-22-19(24-17)23-15-7-6-13(10-16(15)27-2)18(26)25-8-4-5-9-25/h6-7,10,12H,3-5,8-9H2,1-2H3,(H2,21,22,23,24). The van der Waals surface area contributed by atoms with Gasteiger partial charge in [-0.25, -0.2) is 4.98 Å². The molecule has 1 aromatic heterocycles. The summed E-state index contributed by atoms with van der Waals surface area (Å²) in [4.78, 5) is 22.9. The SMILES string of the molecule is CCNc1nc(Nc2ccc(C(=O)N3CCCC3)cc2OC)ncc1C#N. The highest BCUT2D eigenvalue weighted by Crippen LogP contribution is 2.29. The fraction of sp³-hybridized carbons (Fsp3) is 0.368. The average molecular weight is 366 g/mol.